The van der Waals surface area contributed by atoms with Crippen LogP contribution in [-0.2, 0) is 13.0 Å². The van der Waals surface area contributed by atoms with Gasteiger partial charge in [-0.2, -0.15) is 0 Å². The number of hydrogen-bond donors (Lipinski definition) is 3. The van der Waals surface area contributed by atoms with Gasteiger partial charge in [0.25, 0.3) is 0 Å². The number of allylic oxidation sites excluding steroid dienone is 1. The number of aryl methyl sites for hydroxylation is 1. The highest BCUT2D eigenvalue weighted by Crippen LogP contribution is 2.32. The number of nitrogens with one attached hydrogen (secondary N) is 1. The fourth-order valence-corrected chi connectivity index (χ4v) is 2.82. The van der Waals surface area contributed by atoms with Crippen LogP contribution in [0.4, 0.5) is 11.4 Å². The first-order chi connectivity index (χ1) is 10.9. The molecule has 0 spiro atoms. The first kappa shape index (κ1) is 17.5. The van der Waals surface area contributed by atoms with E-state index in [1.807, 2.05) is 25.1 Å². The van der Waals surface area contributed by atoms with Crippen molar-refractivity contribution >= 4 is 34.6 Å². The largest absolute Gasteiger partial charge is 0.506 e. The highest BCUT2D eigenvalue weighted by Gasteiger charge is 2.09. The smallest absolute Gasteiger partial charge is 0.139 e. The lowest BCUT2D eigenvalue weighted by atomic mass is 10.0. The number of benzene rings is 2. The molecule has 4 N–H and O–H groups in total. The zero-order chi connectivity index (χ0) is 17.0. The Hall–Kier alpha value is -1.84. The predicted octanol–water partition coefficient (Wildman–Crippen LogP) is 5.40. The van der Waals surface area contributed by atoms with Crippen molar-refractivity contribution in [2.75, 3.05) is 11.1 Å². The molecule has 5 heteroatoms. The molecular weight excluding hydrogens is 331 g/mol. The van der Waals surface area contributed by atoms with Crippen molar-refractivity contribution < 1.29 is 5.11 Å². The maximum atomic E-state index is 10.0. The van der Waals surface area contributed by atoms with Gasteiger partial charge in [0.2, 0.25) is 0 Å². The van der Waals surface area contributed by atoms with Gasteiger partial charge in [0.15, 0.2) is 0 Å². The summed E-state index contributed by atoms with van der Waals surface area (Å²) in [5.74, 6) is 0.0440. The molecule has 0 saturated carbocycles. The fraction of sp³-hybridized carbons (Fsp3) is 0.222. The summed E-state index contributed by atoms with van der Waals surface area (Å²) in [6.07, 6.45) is 1.75. The molecule has 3 nitrogen and oxygen atoms in total. The van der Waals surface area contributed by atoms with E-state index in [9.17, 15) is 5.11 Å². The second kappa shape index (κ2) is 7.62. The number of nitrogens with two attached hydrogens (primary N) is 1. The zero-order valence-electron chi connectivity index (χ0n) is 13.0. The van der Waals surface area contributed by atoms with Crippen LogP contribution in [-0.4, -0.2) is 5.11 Å². The lowest BCUT2D eigenvalue weighted by Gasteiger charge is -2.14. The molecule has 0 aliphatic carbocycles. The van der Waals surface area contributed by atoms with Crippen LogP contribution in [0.15, 0.2) is 42.5 Å². The Morgan fingerprint density at radius 3 is 2.65 bits per heavy atom. The maximum Gasteiger partial charge on any atom is 0.139 e. The second-order valence-electron chi connectivity index (χ2n) is 5.62. The third-order valence-corrected chi connectivity index (χ3v) is 4.03. The van der Waals surface area contributed by atoms with Crippen molar-refractivity contribution in [3.05, 3.63) is 63.7 Å². The van der Waals surface area contributed by atoms with Crippen molar-refractivity contribution in [2.24, 2.45) is 0 Å². The molecule has 0 aliphatic heterocycles. The van der Waals surface area contributed by atoms with Gasteiger partial charge >= 0.3 is 0 Å². The molecule has 0 radical (unpaired) electrons. The molecule has 0 aliphatic rings. The fourth-order valence-electron chi connectivity index (χ4n) is 2.29. The molecule has 2 aromatic carbocycles. The molecule has 0 amide bonds. The molecule has 2 aromatic rings. The third kappa shape index (κ3) is 4.81. The molecule has 23 heavy (non-hydrogen) atoms. The second-order valence-corrected chi connectivity index (χ2v) is 6.47. The molecule has 0 fully saturated rings. The summed E-state index contributed by atoms with van der Waals surface area (Å²) in [7, 11) is 0. The summed E-state index contributed by atoms with van der Waals surface area (Å²) in [5, 5.41) is 14.1. The van der Waals surface area contributed by atoms with E-state index in [4.69, 9.17) is 28.9 Å². The van der Waals surface area contributed by atoms with Crippen molar-refractivity contribution in [1.82, 2.24) is 0 Å². The van der Waals surface area contributed by atoms with E-state index >= 15 is 0 Å². The lowest BCUT2D eigenvalue weighted by molar-refractivity contribution is 0.469. The molecule has 0 unspecified atom stereocenters. The van der Waals surface area contributed by atoms with E-state index in [0.29, 0.717) is 17.1 Å². The predicted molar refractivity (Wildman–Crippen MR) is 99.4 cm³/mol. The number of halogens is 2. The Balaban J connectivity index is 2.18. The quantitative estimate of drug-likeness (QED) is 0.482. The standard InChI is InChI=1S/C18H20Cl2N2O/c1-11(2)3-4-12-8-15(21)5-6-17(12)22-10-13-7-14(19)9-16(20)18(13)23/h5-9,22-23H,1,3-4,10,21H2,2H3. The molecule has 0 bridgehead atoms. The summed E-state index contributed by atoms with van der Waals surface area (Å²) in [5.41, 5.74) is 10.4. The lowest BCUT2D eigenvalue weighted by Crippen LogP contribution is -2.04. The maximum absolute atomic E-state index is 10.0. The van der Waals surface area contributed by atoms with Crippen LogP contribution in [0, 0.1) is 0 Å². The van der Waals surface area contributed by atoms with Gasteiger partial charge in [-0.15, -0.1) is 6.58 Å². The topological polar surface area (TPSA) is 58.3 Å². The van der Waals surface area contributed by atoms with Crippen molar-refractivity contribution in [3.8, 4) is 5.75 Å². The minimum Gasteiger partial charge on any atom is -0.506 e. The summed E-state index contributed by atoms with van der Waals surface area (Å²) in [6.45, 7) is 6.35. The number of rotatable bonds is 6. The Labute approximate surface area is 146 Å². The van der Waals surface area contributed by atoms with Crippen molar-refractivity contribution in [1.29, 1.82) is 0 Å². The van der Waals surface area contributed by atoms with E-state index < -0.39 is 0 Å². The van der Waals surface area contributed by atoms with Gasteiger partial charge in [0, 0.05) is 28.5 Å². The van der Waals surface area contributed by atoms with Gasteiger partial charge in [0.05, 0.1) is 5.02 Å². The number of nitrogen functional groups attached to an aromatic ring is 1. The summed E-state index contributed by atoms with van der Waals surface area (Å²) < 4.78 is 0. The van der Waals surface area contributed by atoms with E-state index in [0.717, 1.165) is 35.4 Å². The number of phenolic OH excluding ortho intramolecular Hbond substituents is 1. The van der Waals surface area contributed by atoms with Crippen LogP contribution < -0.4 is 11.1 Å². The van der Waals surface area contributed by atoms with Crippen LogP contribution >= 0.6 is 23.2 Å². The minimum atomic E-state index is 0.0440. The van der Waals surface area contributed by atoms with Gasteiger partial charge < -0.3 is 16.2 Å². The average Bonchev–Trinajstić information content (AvgIpc) is 2.48. The Morgan fingerprint density at radius 1 is 1.22 bits per heavy atom. The molecule has 0 aromatic heterocycles. The van der Waals surface area contributed by atoms with Crippen LogP contribution in [0.25, 0.3) is 0 Å². The molecule has 0 heterocycles. The summed E-state index contributed by atoms with van der Waals surface area (Å²) >= 11 is 11.9. The van der Waals surface area contributed by atoms with E-state index in [1.165, 1.54) is 6.07 Å². The highest BCUT2D eigenvalue weighted by atomic mass is 35.5. The number of aromatic hydroxyl groups is 1. The first-order valence-electron chi connectivity index (χ1n) is 7.30. The minimum absolute atomic E-state index is 0.0440. The van der Waals surface area contributed by atoms with Crippen LogP contribution in [0.1, 0.15) is 24.5 Å². The monoisotopic (exact) mass is 350 g/mol. The van der Waals surface area contributed by atoms with E-state index in [1.54, 1.807) is 6.07 Å². The molecule has 0 atom stereocenters. The Kier molecular flexibility index (Phi) is 5.80. The number of phenols is 1. The average molecular weight is 351 g/mol. The Morgan fingerprint density at radius 2 is 1.96 bits per heavy atom. The van der Waals surface area contributed by atoms with Gasteiger partial charge in [0.1, 0.15) is 5.75 Å². The normalized spacial score (nSPS) is 10.6. The summed E-state index contributed by atoms with van der Waals surface area (Å²) in [4.78, 5) is 0. The molecular formula is C18H20Cl2N2O. The summed E-state index contributed by atoms with van der Waals surface area (Å²) in [6, 6.07) is 8.95. The van der Waals surface area contributed by atoms with Gasteiger partial charge in [-0.25, -0.2) is 0 Å². The third-order valence-electron chi connectivity index (χ3n) is 3.53. The zero-order valence-corrected chi connectivity index (χ0v) is 14.5. The molecule has 122 valence electrons. The highest BCUT2D eigenvalue weighted by molar-refractivity contribution is 6.35. The molecule has 2 rings (SSSR count). The number of anilines is 2. The van der Waals surface area contributed by atoms with Crippen molar-refractivity contribution in [2.45, 2.75) is 26.3 Å². The number of hydrogen-bond acceptors (Lipinski definition) is 3. The van der Waals surface area contributed by atoms with E-state index in [2.05, 4.69) is 11.9 Å². The molecule has 0 saturated heterocycles. The van der Waals surface area contributed by atoms with E-state index in [-0.39, 0.29) is 10.8 Å². The van der Waals surface area contributed by atoms with Gasteiger partial charge in [-0.3, -0.25) is 0 Å². The van der Waals surface area contributed by atoms with Crippen LogP contribution in [0.2, 0.25) is 10.0 Å². The van der Waals surface area contributed by atoms with Crippen molar-refractivity contribution in [3.63, 3.8) is 0 Å². The SMILES string of the molecule is C=C(C)CCc1cc(N)ccc1NCc1cc(Cl)cc(Cl)c1O. The van der Waals surface area contributed by atoms with Crippen LogP contribution in [0.5, 0.6) is 5.75 Å². The first-order valence-corrected chi connectivity index (χ1v) is 8.06. The Bertz CT molecular complexity index is 729. The van der Waals surface area contributed by atoms with Crippen LogP contribution in [0.3, 0.4) is 0 Å². The van der Waals surface area contributed by atoms with Gasteiger partial charge in [-0.05, 0) is 55.7 Å². The van der Waals surface area contributed by atoms with Gasteiger partial charge in [-0.1, -0.05) is 28.8 Å².